The summed E-state index contributed by atoms with van der Waals surface area (Å²) in [6.07, 6.45) is -0.557. The normalized spacial score (nSPS) is 16.2. The molecule has 1 aromatic carbocycles. The average Bonchev–Trinajstić information content (AvgIpc) is 2.74. The first kappa shape index (κ1) is 14.6. The average molecular weight is 282 g/mol. The monoisotopic (exact) mass is 282 g/mol. The molecule has 2 rings (SSSR count). The van der Waals surface area contributed by atoms with E-state index in [2.05, 4.69) is 5.32 Å². The molecule has 0 atom stereocenters. The van der Waals surface area contributed by atoms with Crippen LogP contribution < -0.4 is 10.1 Å². The maximum atomic E-state index is 11.7. The van der Waals surface area contributed by atoms with Crippen molar-refractivity contribution in [2.24, 2.45) is 0 Å². The van der Waals surface area contributed by atoms with Gasteiger partial charge in [-0.05, 0) is 12.1 Å². The van der Waals surface area contributed by atoms with E-state index in [-0.39, 0.29) is 6.73 Å². The third-order valence-electron chi connectivity index (χ3n) is 2.64. The SMILES string of the molecule is COc1ccccc1NC(=O)OCN1COCCOC1. The molecule has 0 aromatic heterocycles. The van der Waals surface area contributed by atoms with Crippen molar-refractivity contribution in [2.45, 2.75) is 0 Å². The smallest absolute Gasteiger partial charge is 0.413 e. The highest BCUT2D eigenvalue weighted by Crippen LogP contribution is 2.22. The summed E-state index contributed by atoms with van der Waals surface area (Å²) >= 11 is 0. The maximum absolute atomic E-state index is 11.7. The molecule has 0 saturated carbocycles. The number of nitrogens with one attached hydrogen (secondary N) is 1. The van der Waals surface area contributed by atoms with E-state index in [1.807, 2.05) is 6.07 Å². The summed E-state index contributed by atoms with van der Waals surface area (Å²) in [7, 11) is 1.54. The van der Waals surface area contributed by atoms with Gasteiger partial charge in [-0.2, -0.15) is 0 Å². The fourth-order valence-electron chi connectivity index (χ4n) is 1.66. The maximum Gasteiger partial charge on any atom is 0.413 e. The van der Waals surface area contributed by atoms with Crippen molar-refractivity contribution < 1.29 is 23.7 Å². The lowest BCUT2D eigenvalue weighted by Crippen LogP contribution is -2.31. The fourth-order valence-corrected chi connectivity index (χ4v) is 1.66. The number of rotatable bonds is 4. The summed E-state index contributed by atoms with van der Waals surface area (Å²) in [5.41, 5.74) is 0.559. The molecule has 7 nitrogen and oxygen atoms in total. The Morgan fingerprint density at radius 1 is 1.30 bits per heavy atom. The minimum atomic E-state index is -0.557. The van der Waals surface area contributed by atoms with Crippen molar-refractivity contribution in [3.05, 3.63) is 24.3 Å². The van der Waals surface area contributed by atoms with Gasteiger partial charge >= 0.3 is 6.09 Å². The quantitative estimate of drug-likeness (QED) is 0.901. The second-order valence-electron chi connectivity index (χ2n) is 4.13. The molecule has 1 aliphatic rings. The number of anilines is 1. The zero-order valence-corrected chi connectivity index (χ0v) is 11.3. The Kier molecular flexibility index (Phi) is 5.60. The zero-order valence-electron chi connectivity index (χ0n) is 11.3. The topological polar surface area (TPSA) is 69.3 Å². The molecular weight excluding hydrogens is 264 g/mol. The molecule has 1 saturated heterocycles. The van der Waals surface area contributed by atoms with Gasteiger partial charge in [0.25, 0.3) is 0 Å². The Bertz CT molecular complexity index is 433. The van der Waals surface area contributed by atoms with Gasteiger partial charge < -0.3 is 18.9 Å². The lowest BCUT2D eigenvalue weighted by molar-refractivity contribution is -0.0313. The van der Waals surface area contributed by atoms with Crippen LogP contribution in [0.2, 0.25) is 0 Å². The molecule has 1 N–H and O–H groups in total. The van der Waals surface area contributed by atoms with Crippen molar-refractivity contribution >= 4 is 11.8 Å². The Hall–Kier alpha value is -1.83. The molecular formula is C13H18N2O5. The summed E-state index contributed by atoms with van der Waals surface area (Å²) in [6, 6.07) is 7.11. The summed E-state index contributed by atoms with van der Waals surface area (Å²) in [5, 5.41) is 2.62. The first-order valence-electron chi connectivity index (χ1n) is 6.24. The standard InChI is InChI=1S/C13H18N2O5/c1-17-12-5-3-2-4-11(12)14-13(16)20-10-15-8-18-6-7-19-9-15/h2-5H,6-10H2,1H3,(H,14,16). The van der Waals surface area contributed by atoms with Gasteiger partial charge in [-0.1, -0.05) is 12.1 Å². The second-order valence-corrected chi connectivity index (χ2v) is 4.13. The number of carbonyl (C=O) groups excluding carboxylic acids is 1. The summed E-state index contributed by atoms with van der Waals surface area (Å²) in [4.78, 5) is 13.4. The number of para-hydroxylation sites is 2. The third kappa shape index (κ3) is 4.37. The van der Waals surface area contributed by atoms with E-state index >= 15 is 0 Å². The Morgan fingerprint density at radius 2 is 2.00 bits per heavy atom. The van der Waals surface area contributed by atoms with Crippen LogP contribution in [0.25, 0.3) is 0 Å². The molecule has 0 bridgehead atoms. The van der Waals surface area contributed by atoms with E-state index in [1.54, 1.807) is 23.1 Å². The van der Waals surface area contributed by atoms with Crippen LogP contribution in [-0.2, 0) is 14.2 Å². The molecule has 110 valence electrons. The van der Waals surface area contributed by atoms with Crippen LogP contribution in [0.15, 0.2) is 24.3 Å². The van der Waals surface area contributed by atoms with Crippen molar-refractivity contribution in [2.75, 3.05) is 45.8 Å². The van der Waals surface area contributed by atoms with Gasteiger partial charge in [0.05, 0.1) is 26.0 Å². The van der Waals surface area contributed by atoms with Crippen LogP contribution in [-0.4, -0.2) is 51.5 Å². The van der Waals surface area contributed by atoms with E-state index in [1.165, 1.54) is 7.11 Å². The summed E-state index contributed by atoms with van der Waals surface area (Å²) in [5.74, 6) is 0.575. The molecule has 1 heterocycles. The molecule has 0 aliphatic carbocycles. The predicted octanol–water partition coefficient (Wildman–Crippen LogP) is 1.46. The van der Waals surface area contributed by atoms with Gasteiger partial charge in [-0.25, -0.2) is 9.69 Å². The minimum Gasteiger partial charge on any atom is -0.495 e. The number of benzene rings is 1. The van der Waals surface area contributed by atoms with E-state index in [0.717, 1.165) is 0 Å². The Labute approximate surface area is 117 Å². The van der Waals surface area contributed by atoms with Gasteiger partial charge in [0.15, 0.2) is 6.73 Å². The second kappa shape index (κ2) is 7.68. The van der Waals surface area contributed by atoms with Gasteiger partial charge in [0, 0.05) is 0 Å². The first-order chi connectivity index (χ1) is 9.79. The van der Waals surface area contributed by atoms with Gasteiger partial charge in [-0.3, -0.25) is 5.32 Å². The van der Waals surface area contributed by atoms with E-state index < -0.39 is 6.09 Å². The number of methoxy groups -OCH3 is 1. The largest absolute Gasteiger partial charge is 0.495 e. The van der Waals surface area contributed by atoms with Gasteiger partial charge in [-0.15, -0.1) is 0 Å². The third-order valence-corrected chi connectivity index (χ3v) is 2.64. The summed E-state index contributed by atoms with van der Waals surface area (Å²) in [6.45, 7) is 1.94. The molecule has 20 heavy (non-hydrogen) atoms. The number of amides is 1. The van der Waals surface area contributed by atoms with E-state index in [9.17, 15) is 4.79 Å². The van der Waals surface area contributed by atoms with Gasteiger partial charge in [0.2, 0.25) is 0 Å². The van der Waals surface area contributed by atoms with E-state index in [4.69, 9.17) is 18.9 Å². The van der Waals surface area contributed by atoms with Crippen LogP contribution >= 0.6 is 0 Å². The molecule has 0 spiro atoms. The van der Waals surface area contributed by atoms with Crippen LogP contribution in [0.1, 0.15) is 0 Å². The molecule has 0 unspecified atom stereocenters. The number of hydrogen-bond acceptors (Lipinski definition) is 6. The lowest BCUT2D eigenvalue weighted by atomic mass is 10.3. The van der Waals surface area contributed by atoms with Crippen LogP contribution in [0.4, 0.5) is 10.5 Å². The molecule has 1 fully saturated rings. The number of hydrogen-bond donors (Lipinski definition) is 1. The first-order valence-corrected chi connectivity index (χ1v) is 6.24. The molecule has 0 radical (unpaired) electrons. The molecule has 1 aromatic rings. The fraction of sp³-hybridized carbons (Fsp3) is 0.462. The molecule has 1 amide bonds. The van der Waals surface area contributed by atoms with Crippen molar-refractivity contribution in [1.29, 1.82) is 0 Å². The zero-order chi connectivity index (χ0) is 14.2. The van der Waals surface area contributed by atoms with E-state index in [0.29, 0.717) is 38.1 Å². The van der Waals surface area contributed by atoms with Crippen LogP contribution in [0.3, 0.4) is 0 Å². The van der Waals surface area contributed by atoms with Crippen molar-refractivity contribution in [1.82, 2.24) is 4.90 Å². The molecule has 7 heteroatoms. The van der Waals surface area contributed by atoms with Crippen LogP contribution in [0, 0.1) is 0 Å². The highest BCUT2D eigenvalue weighted by atomic mass is 16.6. The highest BCUT2D eigenvalue weighted by Gasteiger charge is 2.13. The number of nitrogens with zero attached hydrogens (tertiary/aromatic N) is 1. The van der Waals surface area contributed by atoms with Gasteiger partial charge in [0.1, 0.15) is 19.2 Å². The Morgan fingerprint density at radius 3 is 2.70 bits per heavy atom. The number of ether oxygens (including phenoxy) is 4. The number of carbonyl (C=O) groups is 1. The van der Waals surface area contributed by atoms with Crippen LogP contribution in [0.5, 0.6) is 5.75 Å². The van der Waals surface area contributed by atoms with Crippen molar-refractivity contribution in [3.8, 4) is 5.75 Å². The minimum absolute atomic E-state index is 0.0982. The molecule has 1 aliphatic heterocycles. The highest BCUT2D eigenvalue weighted by molar-refractivity contribution is 5.86. The van der Waals surface area contributed by atoms with Crippen molar-refractivity contribution in [3.63, 3.8) is 0 Å². The predicted molar refractivity (Wildman–Crippen MR) is 71.4 cm³/mol. The lowest BCUT2D eigenvalue weighted by Gasteiger charge is -2.18. The summed E-state index contributed by atoms with van der Waals surface area (Å²) < 4.78 is 20.8. The Balaban J connectivity index is 1.80.